The van der Waals surface area contributed by atoms with E-state index in [9.17, 15) is 0 Å². The third-order valence-corrected chi connectivity index (χ3v) is 2.24. The van der Waals surface area contributed by atoms with Crippen LogP contribution >= 0.6 is 0 Å². The molecule has 0 bridgehead atoms. The van der Waals surface area contributed by atoms with Crippen LogP contribution in [-0.2, 0) is 6.54 Å². The molecular formula is C14H22N2O. The zero-order valence-electron chi connectivity index (χ0n) is 10.9. The average Bonchev–Trinajstić information content (AvgIpc) is 2.29. The van der Waals surface area contributed by atoms with Crippen molar-refractivity contribution in [3.05, 3.63) is 36.0 Å². The first-order chi connectivity index (χ1) is 8.22. The zero-order chi connectivity index (χ0) is 12.5. The topological polar surface area (TPSA) is 34.1 Å². The van der Waals surface area contributed by atoms with Crippen LogP contribution < -0.4 is 10.1 Å². The van der Waals surface area contributed by atoms with Gasteiger partial charge in [0.15, 0.2) is 0 Å². The van der Waals surface area contributed by atoms with Crippen molar-refractivity contribution in [3.63, 3.8) is 0 Å². The van der Waals surface area contributed by atoms with E-state index in [2.05, 4.69) is 24.1 Å². The molecule has 0 aliphatic rings. The maximum absolute atomic E-state index is 5.49. The Morgan fingerprint density at radius 3 is 3.00 bits per heavy atom. The summed E-state index contributed by atoms with van der Waals surface area (Å²) in [5.41, 5.74) is 1.20. The Hall–Kier alpha value is -1.35. The summed E-state index contributed by atoms with van der Waals surface area (Å²) in [6.45, 7) is 8.84. The van der Waals surface area contributed by atoms with Gasteiger partial charge in [0.05, 0.1) is 0 Å². The maximum atomic E-state index is 5.49. The van der Waals surface area contributed by atoms with Crippen molar-refractivity contribution in [2.24, 2.45) is 5.92 Å². The second-order valence-corrected chi connectivity index (χ2v) is 4.41. The Morgan fingerprint density at radius 1 is 1.47 bits per heavy atom. The van der Waals surface area contributed by atoms with Crippen molar-refractivity contribution in [3.8, 4) is 5.88 Å². The standard InChI is InChI=1S/C14H22N2O/c1-4-5-8-17-14-9-13(6-7-16-14)11-15-10-12(2)3/h4-7,9,12,15H,8,10-11H2,1-3H3. The summed E-state index contributed by atoms with van der Waals surface area (Å²) in [7, 11) is 0. The van der Waals surface area contributed by atoms with Gasteiger partial charge in [-0.2, -0.15) is 0 Å². The van der Waals surface area contributed by atoms with Crippen LogP contribution in [0.4, 0.5) is 0 Å². The Bertz CT molecular complexity index is 348. The second kappa shape index (κ2) is 7.85. The first-order valence-electron chi connectivity index (χ1n) is 6.12. The van der Waals surface area contributed by atoms with Gasteiger partial charge in [0, 0.05) is 18.8 Å². The van der Waals surface area contributed by atoms with E-state index in [1.807, 2.05) is 31.2 Å². The summed E-state index contributed by atoms with van der Waals surface area (Å²) in [5.74, 6) is 1.36. The third kappa shape index (κ3) is 6.07. The van der Waals surface area contributed by atoms with Gasteiger partial charge >= 0.3 is 0 Å². The van der Waals surface area contributed by atoms with E-state index in [-0.39, 0.29) is 0 Å². The molecule has 0 saturated heterocycles. The predicted molar refractivity (Wildman–Crippen MR) is 71.1 cm³/mol. The number of allylic oxidation sites excluding steroid dienone is 1. The number of aromatic nitrogens is 1. The van der Waals surface area contributed by atoms with E-state index in [4.69, 9.17) is 4.74 Å². The number of hydrogen-bond donors (Lipinski definition) is 1. The lowest BCUT2D eigenvalue weighted by molar-refractivity contribution is 0.347. The summed E-state index contributed by atoms with van der Waals surface area (Å²) in [4.78, 5) is 4.17. The van der Waals surface area contributed by atoms with Crippen LogP contribution in [-0.4, -0.2) is 18.1 Å². The van der Waals surface area contributed by atoms with Crippen molar-refractivity contribution in [2.75, 3.05) is 13.2 Å². The van der Waals surface area contributed by atoms with E-state index in [1.54, 1.807) is 6.20 Å². The lowest BCUT2D eigenvalue weighted by atomic mass is 10.2. The average molecular weight is 234 g/mol. The molecule has 1 heterocycles. The Kier molecular flexibility index (Phi) is 6.33. The van der Waals surface area contributed by atoms with E-state index in [0.29, 0.717) is 18.4 Å². The van der Waals surface area contributed by atoms with Crippen molar-refractivity contribution in [2.45, 2.75) is 27.3 Å². The number of nitrogens with zero attached hydrogens (tertiary/aromatic N) is 1. The maximum Gasteiger partial charge on any atom is 0.213 e. The van der Waals surface area contributed by atoms with E-state index in [0.717, 1.165) is 13.1 Å². The Morgan fingerprint density at radius 2 is 2.29 bits per heavy atom. The van der Waals surface area contributed by atoms with Crippen LogP contribution in [0.2, 0.25) is 0 Å². The molecule has 0 atom stereocenters. The molecule has 0 amide bonds. The lowest BCUT2D eigenvalue weighted by Gasteiger charge is -2.08. The van der Waals surface area contributed by atoms with Crippen molar-refractivity contribution in [1.29, 1.82) is 0 Å². The largest absolute Gasteiger partial charge is 0.473 e. The van der Waals surface area contributed by atoms with Crippen LogP contribution in [0.5, 0.6) is 5.88 Å². The van der Waals surface area contributed by atoms with E-state index in [1.165, 1.54) is 5.56 Å². The van der Waals surface area contributed by atoms with Gasteiger partial charge in [0.25, 0.3) is 0 Å². The molecule has 1 aromatic heterocycles. The fraction of sp³-hybridized carbons (Fsp3) is 0.500. The predicted octanol–water partition coefficient (Wildman–Crippen LogP) is 2.78. The molecule has 17 heavy (non-hydrogen) atoms. The fourth-order valence-electron chi connectivity index (χ4n) is 1.37. The van der Waals surface area contributed by atoms with Gasteiger partial charge < -0.3 is 10.1 Å². The highest BCUT2D eigenvalue weighted by Gasteiger charge is 1.98. The highest BCUT2D eigenvalue weighted by molar-refractivity contribution is 5.20. The van der Waals surface area contributed by atoms with Crippen molar-refractivity contribution in [1.82, 2.24) is 10.3 Å². The first-order valence-corrected chi connectivity index (χ1v) is 6.12. The van der Waals surface area contributed by atoms with Gasteiger partial charge in [-0.3, -0.25) is 0 Å². The molecule has 0 aliphatic heterocycles. The minimum absolute atomic E-state index is 0.576. The molecule has 0 aliphatic carbocycles. The van der Waals surface area contributed by atoms with Crippen LogP contribution in [0.15, 0.2) is 30.5 Å². The molecule has 1 aromatic rings. The molecule has 0 fully saturated rings. The Labute approximate surface area is 104 Å². The molecule has 3 nitrogen and oxygen atoms in total. The molecule has 0 radical (unpaired) electrons. The number of hydrogen-bond acceptors (Lipinski definition) is 3. The quantitative estimate of drug-likeness (QED) is 0.737. The van der Waals surface area contributed by atoms with Crippen molar-refractivity contribution >= 4 is 0 Å². The second-order valence-electron chi connectivity index (χ2n) is 4.41. The van der Waals surface area contributed by atoms with Crippen LogP contribution in [0.1, 0.15) is 26.3 Å². The number of pyridine rings is 1. The summed E-state index contributed by atoms with van der Waals surface area (Å²) < 4.78 is 5.49. The highest BCUT2D eigenvalue weighted by atomic mass is 16.5. The highest BCUT2D eigenvalue weighted by Crippen LogP contribution is 2.09. The minimum Gasteiger partial charge on any atom is -0.473 e. The number of rotatable bonds is 7. The first kappa shape index (κ1) is 13.7. The fourth-order valence-corrected chi connectivity index (χ4v) is 1.37. The van der Waals surface area contributed by atoms with Gasteiger partial charge in [0.1, 0.15) is 6.61 Å². The summed E-state index contributed by atoms with van der Waals surface area (Å²) in [6, 6.07) is 3.99. The van der Waals surface area contributed by atoms with Crippen LogP contribution in [0, 0.1) is 5.92 Å². The third-order valence-electron chi connectivity index (χ3n) is 2.24. The molecule has 0 aromatic carbocycles. The molecule has 1 N–H and O–H groups in total. The van der Waals surface area contributed by atoms with E-state index >= 15 is 0 Å². The summed E-state index contributed by atoms with van der Waals surface area (Å²) in [5, 5.41) is 3.40. The smallest absolute Gasteiger partial charge is 0.213 e. The SMILES string of the molecule is CC=CCOc1cc(CNCC(C)C)ccn1. The molecule has 0 unspecified atom stereocenters. The van der Waals surface area contributed by atoms with Crippen molar-refractivity contribution < 1.29 is 4.74 Å². The summed E-state index contributed by atoms with van der Waals surface area (Å²) >= 11 is 0. The molecule has 94 valence electrons. The van der Waals surface area contributed by atoms with Gasteiger partial charge in [-0.25, -0.2) is 4.98 Å². The number of nitrogens with one attached hydrogen (secondary N) is 1. The zero-order valence-corrected chi connectivity index (χ0v) is 10.9. The van der Waals surface area contributed by atoms with E-state index < -0.39 is 0 Å². The number of ether oxygens (including phenoxy) is 1. The molecule has 0 spiro atoms. The van der Waals surface area contributed by atoms with Gasteiger partial charge in [-0.15, -0.1) is 0 Å². The molecule has 1 rings (SSSR count). The van der Waals surface area contributed by atoms with Gasteiger partial charge in [-0.1, -0.05) is 26.0 Å². The van der Waals surface area contributed by atoms with Crippen LogP contribution in [0.3, 0.4) is 0 Å². The van der Waals surface area contributed by atoms with Gasteiger partial charge in [0.2, 0.25) is 5.88 Å². The van der Waals surface area contributed by atoms with Gasteiger partial charge in [-0.05, 0) is 31.0 Å². The monoisotopic (exact) mass is 234 g/mol. The normalized spacial score (nSPS) is 11.3. The van der Waals surface area contributed by atoms with Crippen LogP contribution in [0.25, 0.3) is 0 Å². The molecular weight excluding hydrogens is 212 g/mol. The Balaban J connectivity index is 2.42. The lowest BCUT2D eigenvalue weighted by Crippen LogP contribution is -2.18. The summed E-state index contributed by atoms with van der Waals surface area (Å²) in [6.07, 6.45) is 5.72. The molecule has 3 heteroatoms. The minimum atomic E-state index is 0.576. The molecule has 0 saturated carbocycles.